The van der Waals surface area contributed by atoms with E-state index in [2.05, 4.69) is 20.2 Å². The van der Waals surface area contributed by atoms with Gasteiger partial charge in [-0.1, -0.05) is 0 Å². The highest BCUT2D eigenvalue weighted by Gasteiger charge is 2.20. The SMILES string of the molecule is CCOCNc1nccc(N2CC[C@@H](N)C2)n1. The molecule has 94 valence electrons. The molecule has 17 heavy (non-hydrogen) atoms. The standard InChI is InChI=1S/C11H19N5O/c1-2-17-8-14-11-13-5-3-10(15-11)16-6-4-9(12)7-16/h3,5,9H,2,4,6-8,12H2,1H3,(H,13,14,15)/t9-/m1/s1. The number of hydrogen-bond donors (Lipinski definition) is 2. The summed E-state index contributed by atoms with van der Waals surface area (Å²) in [6.45, 7) is 4.88. The van der Waals surface area contributed by atoms with Crippen LogP contribution in [0.4, 0.5) is 11.8 Å². The van der Waals surface area contributed by atoms with Gasteiger partial charge >= 0.3 is 0 Å². The van der Waals surface area contributed by atoms with Gasteiger partial charge in [0.2, 0.25) is 5.95 Å². The molecule has 0 radical (unpaired) electrons. The molecule has 2 rings (SSSR count). The topological polar surface area (TPSA) is 76.3 Å². The van der Waals surface area contributed by atoms with Crippen molar-refractivity contribution in [3.8, 4) is 0 Å². The van der Waals surface area contributed by atoms with Gasteiger partial charge in [0.25, 0.3) is 0 Å². The number of rotatable bonds is 5. The number of hydrogen-bond acceptors (Lipinski definition) is 6. The molecule has 0 amide bonds. The third-order valence-electron chi connectivity index (χ3n) is 2.73. The third-order valence-corrected chi connectivity index (χ3v) is 2.73. The van der Waals surface area contributed by atoms with Crippen LogP contribution in [0.5, 0.6) is 0 Å². The Bertz CT molecular complexity index is 359. The average molecular weight is 237 g/mol. The summed E-state index contributed by atoms with van der Waals surface area (Å²) in [4.78, 5) is 10.7. The normalized spacial score (nSPS) is 19.6. The largest absolute Gasteiger partial charge is 0.362 e. The van der Waals surface area contributed by atoms with Gasteiger partial charge in [0, 0.05) is 31.9 Å². The van der Waals surface area contributed by atoms with Crippen molar-refractivity contribution in [2.24, 2.45) is 5.73 Å². The lowest BCUT2D eigenvalue weighted by Crippen LogP contribution is -2.27. The second-order valence-corrected chi connectivity index (χ2v) is 4.05. The average Bonchev–Trinajstić information content (AvgIpc) is 2.77. The van der Waals surface area contributed by atoms with Crippen molar-refractivity contribution in [2.75, 3.05) is 36.6 Å². The lowest BCUT2D eigenvalue weighted by atomic mass is 10.3. The highest BCUT2D eigenvalue weighted by atomic mass is 16.5. The maximum Gasteiger partial charge on any atom is 0.226 e. The van der Waals surface area contributed by atoms with Crippen LogP contribution < -0.4 is 16.0 Å². The van der Waals surface area contributed by atoms with Gasteiger partial charge in [0.15, 0.2) is 0 Å². The molecule has 1 aromatic heterocycles. The van der Waals surface area contributed by atoms with Crippen LogP contribution in [-0.4, -0.2) is 42.4 Å². The number of nitrogens with zero attached hydrogens (tertiary/aromatic N) is 3. The maximum atomic E-state index is 5.88. The van der Waals surface area contributed by atoms with Crippen molar-refractivity contribution in [3.63, 3.8) is 0 Å². The van der Waals surface area contributed by atoms with Crippen LogP contribution in [0, 0.1) is 0 Å². The minimum atomic E-state index is 0.254. The zero-order chi connectivity index (χ0) is 12.1. The Hall–Kier alpha value is -1.40. The smallest absolute Gasteiger partial charge is 0.226 e. The molecule has 3 N–H and O–H groups in total. The molecular formula is C11H19N5O. The molecule has 2 heterocycles. The number of ether oxygens (including phenoxy) is 1. The van der Waals surface area contributed by atoms with Crippen LogP contribution in [0.2, 0.25) is 0 Å². The molecular weight excluding hydrogens is 218 g/mol. The van der Waals surface area contributed by atoms with E-state index >= 15 is 0 Å². The summed E-state index contributed by atoms with van der Waals surface area (Å²) in [5, 5.41) is 3.02. The molecule has 1 atom stereocenters. The molecule has 0 aliphatic carbocycles. The van der Waals surface area contributed by atoms with Crippen molar-refractivity contribution < 1.29 is 4.74 Å². The van der Waals surface area contributed by atoms with E-state index in [0.29, 0.717) is 19.3 Å². The molecule has 1 fully saturated rings. The lowest BCUT2D eigenvalue weighted by Gasteiger charge is -2.17. The van der Waals surface area contributed by atoms with Gasteiger partial charge in [-0.25, -0.2) is 4.98 Å². The van der Waals surface area contributed by atoms with Gasteiger partial charge < -0.3 is 20.7 Å². The van der Waals surface area contributed by atoms with E-state index in [-0.39, 0.29) is 6.04 Å². The first-order chi connectivity index (χ1) is 8.29. The first-order valence-electron chi connectivity index (χ1n) is 5.94. The molecule has 0 spiro atoms. The lowest BCUT2D eigenvalue weighted by molar-refractivity contribution is 0.166. The van der Waals surface area contributed by atoms with Gasteiger partial charge in [-0.05, 0) is 19.4 Å². The van der Waals surface area contributed by atoms with E-state index in [9.17, 15) is 0 Å². The van der Waals surface area contributed by atoms with Gasteiger partial charge in [-0.15, -0.1) is 0 Å². The maximum absolute atomic E-state index is 5.88. The van der Waals surface area contributed by atoms with Gasteiger partial charge in [-0.3, -0.25) is 0 Å². The van der Waals surface area contributed by atoms with Crippen LogP contribution in [-0.2, 0) is 4.74 Å². The fourth-order valence-corrected chi connectivity index (χ4v) is 1.82. The number of nitrogens with one attached hydrogen (secondary N) is 1. The molecule has 6 heteroatoms. The van der Waals surface area contributed by atoms with Crippen molar-refractivity contribution in [3.05, 3.63) is 12.3 Å². The molecule has 0 aromatic carbocycles. The number of nitrogens with two attached hydrogens (primary N) is 1. The first-order valence-corrected chi connectivity index (χ1v) is 5.94. The second-order valence-electron chi connectivity index (χ2n) is 4.05. The van der Waals surface area contributed by atoms with E-state index in [0.717, 1.165) is 25.3 Å². The summed E-state index contributed by atoms with van der Waals surface area (Å²) in [7, 11) is 0. The zero-order valence-corrected chi connectivity index (χ0v) is 10.1. The Morgan fingerprint density at radius 1 is 1.65 bits per heavy atom. The van der Waals surface area contributed by atoms with E-state index < -0.39 is 0 Å². The molecule has 0 bridgehead atoms. The van der Waals surface area contributed by atoms with E-state index in [1.165, 1.54) is 0 Å². The van der Waals surface area contributed by atoms with Crippen LogP contribution in [0.15, 0.2) is 12.3 Å². The Kier molecular flexibility index (Phi) is 4.11. The predicted molar refractivity (Wildman–Crippen MR) is 67.0 cm³/mol. The third kappa shape index (κ3) is 3.28. The monoisotopic (exact) mass is 237 g/mol. The van der Waals surface area contributed by atoms with Crippen LogP contribution in [0.3, 0.4) is 0 Å². The molecule has 1 aromatic rings. The molecule has 1 aliphatic heterocycles. The summed E-state index contributed by atoms with van der Waals surface area (Å²) >= 11 is 0. The van der Waals surface area contributed by atoms with Crippen molar-refractivity contribution in [2.45, 2.75) is 19.4 Å². The fourth-order valence-electron chi connectivity index (χ4n) is 1.82. The molecule has 1 aliphatic rings. The van der Waals surface area contributed by atoms with Crippen molar-refractivity contribution >= 4 is 11.8 Å². The van der Waals surface area contributed by atoms with E-state index in [4.69, 9.17) is 10.5 Å². The first kappa shape index (κ1) is 12.1. The second kappa shape index (κ2) is 5.79. The number of anilines is 2. The van der Waals surface area contributed by atoms with E-state index in [1.54, 1.807) is 6.20 Å². The van der Waals surface area contributed by atoms with Crippen molar-refractivity contribution in [1.29, 1.82) is 0 Å². The summed E-state index contributed by atoms with van der Waals surface area (Å²) in [5.74, 6) is 1.52. The summed E-state index contributed by atoms with van der Waals surface area (Å²) in [6.07, 6.45) is 2.77. The minimum Gasteiger partial charge on any atom is -0.362 e. The summed E-state index contributed by atoms with van der Waals surface area (Å²) in [6, 6.07) is 2.16. The Morgan fingerprint density at radius 2 is 2.53 bits per heavy atom. The van der Waals surface area contributed by atoms with Crippen molar-refractivity contribution in [1.82, 2.24) is 9.97 Å². The zero-order valence-electron chi connectivity index (χ0n) is 10.1. The van der Waals surface area contributed by atoms with Crippen LogP contribution >= 0.6 is 0 Å². The Balaban J connectivity index is 1.96. The number of aromatic nitrogens is 2. The van der Waals surface area contributed by atoms with E-state index in [1.807, 2.05) is 13.0 Å². The summed E-state index contributed by atoms with van der Waals surface area (Å²) < 4.78 is 5.20. The summed E-state index contributed by atoms with van der Waals surface area (Å²) in [5.41, 5.74) is 5.88. The quantitative estimate of drug-likeness (QED) is 0.571. The highest BCUT2D eigenvalue weighted by Crippen LogP contribution is 2.17. The van der Waals surface area contributed by atoms with Gasteiger partial charge in [0.05, 0.1) is 0 Å². The Labute approximate surface area is 101 Å². The van der Waals surface area contributed by atoms with Gasteiger partial charge in [0.1, 0.15) is 12.5 Å². The highest BCUT2D eigenvalue weighted by molar-refractivity contribution is 5.43. The minimum absolute atomic E-state index is 0.254. The molecule has 0 unspecified atom stereocenters. The predicted octanol–water partition coefficient (Wildman–Crippen LogP) is 0.420. The molecule has 1 saturated heterocycles. The van der Waals surface area contributed by atoms with Gasteiger partial charge in [-0.2, -0.15) is 4.98 Å². The molecule has 0 saturated carbocycles. The Morgan fingerprint density at radius 3 is 3.24 bits per heavy atom. The fraction of sp³-hybridized carbons (Fsp3) is 0.636. The van der Waals surface area contributed by atoms with Crippen LogP contribution in [0.1, 0.15) is 13.3 Å². The van der Waals surface area contributed by atoms with Crippen LogP contribution in [0.25, 0.3) is 0 Å². The molecule has 6 nitrogen and oxygen atoms in total.